The van der Waals surface area contributed by atoms with E-state index in [2.05, 4.69) is 10.3 Å². The highest BCUT2D eigenvalue weighted by Gasteiger charge is 2.16. The van der Waals surface area contributed by atoms with E-state index in [4.69, 9.17) is 9.47 Å². The molecule has 1 aliphatic heterocycles. The molecule has 1 N–H and O–H groups in total. The van der Waals surface area contributed by atoms with Crippen LogP contribution >= 0.6 is 0 Å². The molecule has 0 saturated carbocycles. The van der Waals surface area contributed by atoms with Gasteiger partial charge in [0.05, 0.1) is 22.9 Å². The third kappa shape index (κ3) is 4.12. The number of hydrogen-bond acceptors (Lipinski definition) is 4. The second-order valence-corrected chi connectivity index (χ2v) is 6.89. The molecule has 1 fully saturated rings. The minimum absolute atomic E-state index is 0.134. The molecule has 28 heavy (non-hydrogen) atoms. The van der Waals surface area contributed by atoms with Crippen LogP contribution in [0.4, 0.5) is 10.1 Å². The van der Waals surface area contributed by atoms with E-state index in [-0.39, 0.29) is 17.8 Å². The van der Waals surface area contributed by atoms with E-state index in [9.17, 15) is 9.18 Å². The average molecular weight is 380 g/mol. The molecular formula is C22H21FN2O3. The standard InChI is InChI=1S/C22H21FN2O3/c1-14-20(10-15-7-8-16(23)11-21(15)24-14)22(26)25-17-4-2-5-18(12-17)28-13-19-6-3-9-27-19/h2,4-5,7-8,10-12,19H,3,6,9,13H2,1H3,(H,25,26). The number of hydrogen-bond donors (Lipinski definition) is 1. The summed E-state index contributed by atoms with van der Waals surface area (Å²) >= 11 is 0. The van der Waals surface area contributed by atoms with Gasteiger partial charge in [-0.25, -0.2) is 4.39 Å². The zero-order chi connectivity index (χ0) is 19.5. The lowest BCUT2D eigenvalue weighted by Crippen LogP contribution is -2.17. The Balaban J connectivity index is 1.48. The second-order valence-electron chi connectivity index (χ2n) is 6.89. The summed E-state index contributed by atoms with van der Waals surface area (Å²) in [4.78, 5) is 17.1. The average Bonchev–Trinajstić information content (AvgIpc) is 3.19. The molecular weight excluding hydrogens is 359 g/mol. The second kappa shape index (κ2) is 7.94. The largest absolute Gasteiger partial charge is 0.491 e. The highest BCUT2D eigenvalue weighted by atomic mass is 19.1. The van der Waals surface area contributed by atoms with Crippen molar-refractivity contribution >= 4 is 22.5 Å². The maximum atomic E-state index is 13.4. The Morgan fingerprint density at radius 3 is 3.00 bits per heavy atom. The van der Waals surface area contributed by atoms with Gasteiger partial charge in [0.1, 0.15) is 18.2 Å². The van der Waals surface area contributed by atoms with Crippen LogP contribution in [0.15, 0.2) is 48.5 Å². The number of carbonyl (C=O) groups excluding carboxylic acids is 1. The molecule has 5 nitrogen and oxygen atoms in total. The van der Waals surface area contributed by atoms with Crippen LogP contribution < -0.4 is 10.1 Å². The predicted molar refractivity (Wildman–Crippen MR) is 105 cm³/mol. The van der Waals surface area contributed by atoms with Crippen LogP contribution in [-0.2, 0) is 4.74 Å². The van der Waals surface area contributed by atoms with Crippen molar-refractivity contribution in [2.45, 2.75) is 25.9 Å². The van der Waals surface area contributed by atoms with E-state index in [1.165, 1.54) is 12.1 Å². The lowest BCUT2D eigenvalue weighted by Gasteiger charge is -2.13. The Hall–Kier alpha value is -2.99. The molecule has 1 saturated heterocycles. The number of amides is 1. The summed E-state index contributed by atoms with van der Waals surface area (Å²) in [6.45, 7) is 3.03. The number of halogens is 1. The molecule has 0 aliphatic carbocycles. The van der Waals surface area contributed by atoms with Crippen LogP contribution in [0.1, 0.15) is 28.9 Å². The van der Waals surface area contributed by atoms with Gasteiger partial charge >= 0.3 is 0 Å². The highest BCUT2D eigenvalue weighted by molar-refractivity contribution is 6.06. The molecule has 0 spiro atoms. The number of ether oxygens (including phenoxy) is 2. The third-order valence-electron chi connectivity index (χ3n) is 4.77. The Morgan fingerprint density at radius 2 is 2.18 bits per heavy atom. The number of fused-ring (bicyclic) bond motifs is 1. The summed E-state index contributed by atoms with van der Waals surface area (Å²) in [7, 11) is 0. The molecule has 0 bridgehead atoms. The predicted octanol–water partition coefficient (Wildman–Crippen LogP) is 4.49. The fraction of sp³-hybridized carbons (Fsp3) is 0.273. The maximum Gasteiger partial charge on any atom is 0.257 e. The number of aromatic nitrogens is 1. The number of aryl methyl sites for hydroxylation is 1. The van der Waals surface area contributed by atoms with Crippen molar-refractivity contribution < 1.29 is 18.7 Å². The minimum atomic E-state index is -0.351. The fourth-order valence-electron chi connectivity index (χ4n) is 3.29. The molecule has 1 amide bonds. The number of rotatable bonds is 5. The number of anilines is 1. The Bertz CT molecular complexity index is 1020. The van der Waals surface area contributed by atoms with Crippen LogP contribution in [0.3, 0.4) is 0 Å². The van der Waals surface area contributed by atoms with Crippen LogP contribution in [0.25, 0.3) is 10.9 Å². The van der Waals surface area contributed by atoms with Crippen molar-refractivity contribution in [1.29, 1.82) is 0 Å². The van der Waals surface area contributed by atoms with Gasteiger partial charge in [0.25, 0.3) is 5.91 Å². The van der Waals surface area contributed by atoms with Gasteiger partial charge in [-0.05, 0) is 50.1 Å². The van der Waals surface area contributed by atoms with Gasteiger partial charge in [0.15, 0.2) is 0 Å². The van der Waals surface area contributed by atoms with Crippen molar-refractivity contribution in [3.05, 3.63) is 65.6 Å². The van der Waals surface area contributed by atoms with Gasteiger partial charge in [-0.2, -0.15) is 0 Å². The van der Waals surface area contributed by atoms with E-state index >= 15 is 0 Å². The van der Waals surface area contributed by atoms with Crippen molar-refractivity contribution in [2.24, 2.45) is 0 Å². The van der Waals surface area contributed by atoms with Gasteiger partial charge < -0.3 is 14.8 Å². The number of nitrogens with one attached hydrogen (secondary N) is 1. The molecule has 1 aliphatic rings. The SMILES string of the molecule is Cc1nc2cc(F)ccc2cc1C(=O)Nc1cccc(OCC2CCCO2)c1. The molecule has 4 rings (SSSR count). The first-order valence-corrected chi connectivity index (χ1v) is 9.31. The maximum absolute atomic E-state index is 13.4. The van der Waals surface area contributed by atoms with Crippen molar-refractivity contribution in [2.75, 3.05) is 18.5 Å². The molecule has 0 radical (unpaired) electrons. The van der Waals surface area contributed by atoms with Crippen LogP contribution in [0.5, 0.6) is 5.75 Å². The Kier molecular flexibility index (Phi) is 5.21. The van der Waals surface area contributed by atoms with E-state index in [0.29, 0.717) is 40.2 Å². The summed E-state index contributed by atoms with van der Waals surface area (Å²) < 4.78 is 24.7. The number of nitrogens with zero attached hydrogens (tertiary/aromatic N) is 1. The Labute approximate surface area is 162 Å². The fourth-order valence-corrected chi connectivity index (χ4v) is 3.29. The molecule has 2 heterocycles. The van der Waals surface area contributed by atoms with Gasteiger partial charge in [0.2, 0.25) is 0 Å². The van der Waals surface area contributed by atoms with Gasteiger partial charge in [-0.1, -0.05) is 6.07 Å². The molecule has 2 aromatic carbocycles. The van der Waals surface area contributed by atoms with Gasteiger partial charge in [-0.3, -0.25) is 9.78 Å². The highest BCUT2D eigenvalue weighted by Crippen LogP contribution is 2.22. The number of carbonyl (C=O) groups is 1. The Morgan fingerprint density at radius 1 is 1.29 bits per heavy atom. The van der Waals surface area contributed by atoms with Crippen molar-refractivity contribution in [3.8, 4) is 5.75 Å². The summed E-state index contributed by atoms with van der Waals surface area (Å²) in [6, 6.07) is 13.3. The van der Waals surface area contributed by atoms with Crippen molar-refractivity contribution in [3.63, 3.8) is 0 Å². The first kappa shape index (κ1) is 18.4. The van der Waals surface area contributed by atoms with E-state index < -0.39 is 0 Å². The lowest BCUT2D eigenvalue weighted by molar-refractivity contribution is 0.0680. The molecule has 3 aromatic rings. The summed E-state index contributed by atoms with van der Waals surface area (Å²) in [5.41, 5.74) is 2.15. The van der Waals surface area contributed by atoms with Gasteiger partial charge in [0, 0.05) is 29.8 Å². The minimum Gasteiger partial charge on any atom is -0.491 e. The van der Waals surface area contributed by atoms with Crippen LogP contribution in [0.2, 0.25) is 0 Å². The smallest absolute Gasteiger partial charge is 0.257 e. The molecule has 1 aromatic heterocycles. The van der Waals surface area contributed by atoms with E-state index in [1.54, 1.807) is 31.2 Å². The quantitative estimate of drug-likeness (QED) is 0.708. The number of pyridine rings is 1. The monoisotopic (exact) mass is 380 g/mol. The normalized spacial score (nSPS) is 16.3. The topological polar surface area (TPSA) is 60.5 Å². The lowest BCUT2D eigenvalue weighted by atomic mass is 10.1. The molecule has 144 valence electrons. The summed E-state index contributed by atoms with van der Waals surface area (Å²) in [5.74, 6) is 0.0565. The van der Waals surface area contributed by atoms with Crippen LogP contribution in [-0.4, -0.2) is 30.2 Å². The van der Waals surface area contributed by atoms with Crippen LogP contribution in [0, 0.1) is 12.7 Å². The molecule has 6 heteroatoms. The summed E-state index contributed by atoms with van der Waals surface area (Å²) in [6.07, 6.45) is 2.21. The van der Waals surface area contributed by atoms with Gasteiger partial charge in [-0.15, -0.1) is 0 Å². The van der Waals surface area contributed by atoms with E-state index in [1.807, 2.05) is 12.1 Å². The zero-order valence-corrected chi connectivity index (χ0v) is 15.6. The van der Waals surface area contributed by atoms with Crippen molar-refractivity contribution in [1.82, 2.24) is 4.98 Å². The molecule has 1 unspecified atom stereocenters. The first-order chi connectivity index (χ1) is 13.6. The zero-order valence-electron chi connectivity index (χ0n) is 15.6. The number of benzene rings is 2. The molecule has 1 atom stereocenters. The van der Waals surface area contributed by atoms with E-state index in [0.717, 1.165) is 19.4 Å². The summed E-state index contributed by atoms with van der Waals surface area (Å²) in [5, 5.41) is 3.59. The third-order valence-corrected chi connectivity index (χ3v) is 4.77. The first-order valence-electron chi connectivity index (χ1n) is 9.31.